The van der Waals surface area contributed by atoms with Crippen molar-refractivity contribution in [1.82, 2.24) is 4.31 Å². The SMILES string of the molecule is CCC(C#N)S(=O)(=O)N(C)Cc1cc(C#CCCO)cs1. The summed E-state index contributed by atoms with van der Waals surface area (Å²) < 4.78 is 25.5. The van der Waals surface area contributed by atoms with Gasteiger partial charge in [0.15, 0.2) is 5.25 Å². The van der Waals surface area contributed by atoms with E-state index < -0.39 is 15.3 Å². The van der Waals surface area contributed by atoms with Crippen molar-refractivity contribution in [3.8, 4) is 17.9 Å². The number of aliphatic hydroxyl groups excluding tert-OH is 1. The molecule has 5 nitrogen and oxygen atoms in total. The normalized spacial score (nSPS) is 12.5. The average Bonchev–Trinajstić information content (AvgIpc) is 2.87. The van der Waals surface area contributed by atoms with Crippen molar-refractivity contribution in [2.24, 2.45) is 0 Å². The molecule has 0 aliphatic carbocycles. The van der Waals surface area contributed by atoms with Crippen LogP contribution >= 0.6 is 11.3 Å². The third-order valence-corrected chi connectivity index (χ3v) is 5.89. The lowest BCUT2D eigenvalue weighted by Gasteiger charge is -2.18. The van der Waals surface area contributed by atoms with Crippen LogP contribution in [0.1, 0.15) is 30.2 Å². The maximum atomic E-state index is 12.2. The molecule has 1 rings (SSSR count). The maximum Gasteiger partial charge on any atom is 0.230 e. The van der Waals surface area contributed by atoms with E-state index >= 15 is 0 Å². The molecule has 0 aromatic carbocycles. The Kier molecular flexibility index (Phi) is 6.86. The summed E-state index contributed by atoms with van der Waals surface area (Å²) in [5.74, 6) is 5.72. The Morgan fingerprint density at radius 1 is 1.52 bits per heavy atom. The molecule has 0 bridgehead atoms. The van der Waals surface area contributed by atoms with Gasteiger partial charge in [0.05, 0.1) is 12.7 Å². The van der Waals surface area contributed by atoms with Gasteiger partial charge < -0.3 is 5.11 Å². The van der Waals surface area contributed by atoms with E-state index in [0.717, 1.165) is 10.4 Å². The minimum atomic E-state index is -3.60. The molecule has 7 heteroatoms. The standard InChI is InChI=1S/C14H18N2O3S2/c1-3-14(9-15)21(18,19)16(2)10-13-8-12(11-20-13)6-4-5-7-17/h8,11,14,17H,3,5,7,10H2,1-2H3. The molecule has 0 fully saturated rings. The quantitative estimate of drug-likeness (QED) is 0.804. The van der Waals surface area contributed by atoms with Gasteiger partial charge in [-0.25, -0.2) is 8.42 Å². The Morgan fingerprint density at radius 2 is 2.24 bits per heavy atom. The first-order valence-corrected chi connectivity index (χ1v) is 8.85. The minimum absolute atomic E-state index is 0.0253. The highest BCUT2D eigenvalue weighted by molar-refractivity contribution is 7.89. The van der Waals surface area contributed by atoms with Crippen molar-refractivity contribution in [3.05, 3.63) is 21.9 Å². The van der Waals surface area contributed by atoms with Crippen LogP contribution in [0.15, 0.2) is 11.4 Å². The van der Waals surface area contributed by atoms with Crippen LogP contribution in [0, 0.1) is 23.2 Å². The maximum absolute atomic E-state index is 12.2. The number of hydrogen-bond donors (Lipinski definition) is 1. The molecule has 1 heterocycles. The summed E-state index contributed by atoms with van der Waals surface area (Å²) in [5, 5.41) is 18.4. The molecular formula is C14H18N2O3S2. The number of rotatable bonds is 6. The molecule has 1 unspecified atom stereocenters. The van der Waals surface area contributed by atoms with Gasteiger partial charge in [-0.3, -0.25) is 0 Å². The van der Waals surface area contributed by atoms with Gasteiger partial charge in [-0.05, 0) is 12.5 Å². The van der Waals surface area contributed by atoms with E-state index in [1.165, 1.54) is 22.7 Å². The zero-order valence-electron chi connectivity index (χ0n) is 12.0. The van der Waals surface area contributed by atoms with Crippen molar-refractivity contribution in [1.29, 1.82) is 5.26 Å². The van der Waals surface area contributed by atoms with Crippen LogP contribution in [0.2, 0.25) is 0 Å². The predicted octanol–water partition coefficient (Wildman–Crippen LogP) is 1.55. The molecule has 1 aromatic heterocycles. The van der Waals surface area contributed by atoms with E-state index in [9.17, 15) is 8.42 Å². The highest BCUT2D eigenvalue weighted by Crippen LogP contribution is 2.19. The molecule has 114 valence electrons. The molecule has 0 aliphatic heterocycles. The number of hydrogen-bond acceptors (Lipinski definition) is 5. The predicted molar refractivity (Wildman–Crippen MR) is 83.0 cm³/mol. The fraction of sp³-hybridized carbons (Fsp3) is 0.500. The molecule has 0 amide bonds. The molecule has 1 N–H and O–H groups in total. The number of sulfonamides is 1. The average molecular weight is 326 g/mol. The first-order valence-electron chi connectivity index (χ1n) is 6.47. The van der Waals surface area contributed by atoms with Crippen molar-refractivity contribution in [3.63, 3.8) is 0 Å². The molecule has 0 saturated carbocycles. The fourth-order valence-corrected chi connectivity index (χ4v) is 3.90. The van der Waals surface area contributed by atoms with E-state index in [1.807, 2.05) is 17.5 Å². The summed E-state index contributed by atoms with van der Waals surface area (Å²) in [5.41, 5.74) is 0.807. The lowest BCUT2D eigenvalue weighted by atomic mass is 10.3. The minimum Gasteiger partial charge on any atom is -0.395 e. The second kappa shape index (κ2) is 8.16. The third kappa shape index (κ3) is 4.83. The van der Waals surface area contributed by atoms with Gasteiger partial charge >= 0.3 is 0 Å². The first kappa shape index (κ1) is 17.7. The van der Waals surface area contributed by atoms with Crippen LogP contribution in [0.5, 0.6) is 0 Å². The molecule has 1 atom stereocenters. The smallest absolute Gasteiger partial charge is 0.230 e. The lowest BCUT2D eigenvalue weighted by Crippen LogP contribution is -2.34. The summed E-state index contributed by atoms with van der Waals surface area (Å²) in [6.45, 7) is 1.93. The Bertz CT molecular complexity index is 662. The van der Waals surface area contributed by atoms with Crippen LogP contribution < -0.4 is 0 Å². The van der Waals surface area contributed by atoms with Crippen LogP contribution in [0.3, 0.4) is 0 Å². The van der Waals surface area contributed by atoms with Gasteiger partial charge in [0.25, 0.3) is 0 Å². The van der Waals surface area contributed by atoms with Crippen molar-refractivity contribution < 1.29 is 13.5 Å². The molecule has 0 radical (unpaired) electrons. The zero-order valence-corrected chi connectivity index (χ0v) is 13.7. The van der Waals surface area contributed by atoms with Crippen LogP contribution in [0.25, 0.3) is 0 Å². The van der Waals surface area contributed by atoms with Gasteiger partial charge in [-0.15, -0.1) is 11.3 Å². The second-order valence-corrected chi connectivity index (χ2v) is 7.62. The van der Waals surface area contributed by atoms with Crippen LogP contribution in [0.4, 0.5) is 0 Å². The number of aliphatic hydroxyl groups is 1. The Morgan fingerprint density at radius 3 is 2.81 bits per heavy atom. The lowest BCUT2D eigenvalue weighted by molar-refractivity contribution is 0.305. The van der Waals surface area contributed by atoms with Gasteiger partial charge in [-0.2, -0.15) is 9.57 Å². The fourth-order valence-electron chi connectivity index (χ4n) is 1.64. The van der Waals surface area contributed by atoms with Crippen LogP contribution in [-0.4, -0.2) is 36.7 Å². The summed E-state index contributed by atoms with van der Waals surface area (Å²) in [4.78, 5) is 0.863. The van der Waals surface area contributed by atoms with Gasteiger partial charge in [-0.1, -0.05) is 18.8 Å². The van der Waals surface area contributed by atoms with E-state index in [1.54, 1.807) is 6.92 Å². The zero-order chi connectivity index (χ0) is 15.9. The number of nitriles is 1. The summed E-state index contributed by atoms with van der Waals surface area (Å²) in [7, 11) is -2.12. The topological polar surface area (TPSA) is 81.4 Å². The highest BCUT2D eigenvalue weighted by atomic mass is 32.2. The number of thiophene rings is 1. The molecule has 21 heavy (non-hydrogen) atoms. The molecular weight excluding hydrogens is 308 g/mol. The van der Waals surface area contributed by atoms with Crippen LogP contribution in [-0.2, 0) is 16.6 Å². The summed E-state index contributed by atoms with van der Waals surface area (Å²) in [6.07, 6.45) is 0.686. The monoisotopic (exact) mass is 326 g/mol. The Balaban J connectivity index is 2.79. The first-order chi connectivity index (χ1) is 9.95. The van der Waals surface area contributed by atoms with E-state index in [-0.39, 0.29) is 19.6 Å². The molecule has 1 aromatic rings. The molecule has 0 saturated heterocycles. The van der Waals surface area contributed by atoms with E-state index in [2.05, 4.69) is 11.8 Å². The highest BCUT2D eigenvalue weighted by Gasteiger charge is 2.28. The van der Waals surface area contributed by atoms with Crippen molar-refractivity contribution >= 4 is 21.4 Å². The molecule has 0 spiro atoms. The van der Waals surface area contributed by atoms with Crippen molar-refractivity contribution in [2.75, 3.05) is 13.7 Å². The Labute approximate surface area is 129 Å². The van der Waals surface area contributed by atoms with E-state index in [4.69, 9.17) is 10.4 Å². The second-order valence-electron chi connectivity index (χ2n) is 4.40. The largest absolute Gasteiger partial charge is 0.395 e. The third-order valence-electron chi connectivity index (χ3n) is 2.81. The van der Waals surface area contributed by atoms with Gasteiger partial charge in [0.1, 0.15) is 0 Å². The van der Waals surface area contributed by atoms with E-state index in [0.29, 0.717) is 6.42 Å². The van der Waals surface area contributed by atoms with Gasteiger partial charge in [0, 0.05) is 35.8 Å². The number of nitrogens with zero attached hydrogens (tertiary/aromatic N) is 2. The van der Waals surface area contributed by atoms with Gasteiger partial charge in [0.2, 0.25) is 10.0 Å². The summed E-state index contributed by atoms with van der Waals surface area (Å²) >= 11 is 1.42. The summed E-state index contributed by atoms with van der Waals surface area (Å²) in [6, 6.07) is 3.65. The van der Waals surface area contributed by atoms with Crippen molar-refractivity contribution in [2.45, 2.75) is 31.6 Å². The Hall–Kier alpha value is -1.38. The molecule has 0 aliphatic rings.